The molecule has 0 heterocycles. The fourth-order valence-corrected chi connectivity index (χ4v) is 3.08. The maximum atomic E-state index is 11.2. The summed E-state index contributed by atoms with van der Waals surface area (Å²) >= 11 is 5.31. The largest absolute Gasteiger partial charge is 0.494 e. The van der Waals surface area contributed by atoms with Crippen LogP contribution in [0.15, 0.2) is 48.5 Å². The van der Waals surface area contributed by atoms with Crippen LogP contribution in [0.25, 0.3) is 0 Å². The lowest BCUT2D eigenvalue weighted by molar-refractivity contribution is 0.309. The van der Waals surface area contributed by atoms with E-state index in [9.17, 15) is 8.42 Å². The molecule has 2 aromatic rings. The number of hydrogen-bond acceptors (Lipinski definition) is 4. The Morgan fingerprint density at radius 2 is 1.50 bits per heavy atom. The van der Waals surface area contributed by atoms with Crippen LogP contribution in [0.4, 0.5) is 5.69 Å². The van der Waals surface area contributed by atoms with Gasteiger partial charge in [-0.15, -0.1) is 0 Å². The lowest BCUT2D eigenvalue weighted by atomic mass is 10.2. The topological polar surface area (TPSA) is 79.5 Å². The number of thiocarbonyl (C=S) groups is 1. The minimum Gasteiger partial charge on any atom is -0.494 e. The van der Waals surface area contributed by atoms with E-state index in [1.807, 2.05) is 36.4 Å². The van der Waals surface area contributed by atoms with Crippen LogP contribution in [0.3, 0.4) is 0 Å². The zero-order chi connectivity index (χ0) is 20.4. The Balaban J connectivity index is 1.72. The summed E-state index contributed by atoms with van der Waals surface area (Å²) < 4.78 is 30.5. The molecule has 0 fully saturated rings. The molecule has 0 aliphatic rings. The molecule has 2 aromatic carbocycles. The number of anilines is 1. The van der Waals surface area contributed by atoms with Crippen molar-refractivity contribution in [1.29, 1.82) is 0 Å². The molecule has 8 heteroatoms. The summed E-state index contributed by atoms with van der Waals surface area (Å²) in [5.41, 5.74) is 2.65. The van der Waals surface area contributed by atoms with Gasteiger partial charge < -0.3 is 15.4 Å². The molecule has 28 heavy (non-hydrogen) atoms. The van der Waals surface area contributed by atoms with Crippen molar-refractivity contribution in [3.05, 3.63) is 59.7 Å². The van der Waals surface area contributed by atoms with Gasteiger partial charge in [0.2, 0.25) is 10.0 Å². The van der Waals surface area contributed by atoms with Crippen molar-refractivity contribution >= 4 is 33.0 Å². The second-order valence-corrected chi connectivity index (χ2v) is 8.61. The van der Waals surface area contributed by atoms with Gasteiger partial charge in [-0.05, 0) is 54.0 Å². The average Bonchev–Trinajstić information content (AvgIpc) is 2.66. The van der Waals surface area contributed by atoms with Crippen LogP contribution >= 0.6 is 12.2 Å². The fourth-order valence-electron chi connectivity index (χ4n) is 2.37. The van der Waals surface area contributed by atoms with Gasteiger partial charge in [0.15, 0.2) is 5.11 Å². The Bertz CT molecular complexity index is 851. The number of sulfonamides is 1. The van der Waals surface area contributed by atoms with Crippen LogP contribution in [-0.4, -0.2) is 26.4 Å². The van der Waals surface area contributed by atoms with Crippen LogP contribution in [0.1, 0.15) is 30.9 Å². The summed E-state index contributed by atoms with van der Waals surface area (Å²) in [6, 6.07) is 15.1. The minimum absolute atomic E-state index is 0.536. The zero-order valence-electron chi connectivity index (χ0n) is 16.2. The van der Waals surface area contributed by atoms with E-state index in [2.05, 4.69) is 22.3 Å². The van der Waals surface area contributed by atoms with Gasteiger partial charge >= 0.3 is 0 Å². The number of benzene rings is 2. The molecule has 0 saturated carbocycles. The molecule has 0 radical (unpaired) electrons. The average molecular weight is 422 g/mol. The maximum absolute atomic E-state index is 11.2. The third-order valence-corrected chi connectivity index (χ3v) is 4.75. The van der Waals surface area contributed by atoms with E-state index in [1.165, 1.54) is 0 Å². The molecule has 0 amide bonds. The highest BCUT2D eigenvalue weighted by atomic mass is 32.2. The third kappa shape index (κ3) is 8.58. The van der Waals surface area contributed by atoms with Gasteiger partial charge in [-0.3, -0.25) is 4.72 Å². The highest BCUT2D eigenvalue weighted by Gasteiger charge is 2.02. The summed E-state index contributed by atoms with van der Waals surface area (Å²) in [5.74, 6) is 0.881. The van der Waals surface area contributed by atoms with Gasteiger partial charge in [0, 0.05) is 18.8 Å². The normalized spacial score (nSPS) is 10.9. The first-order chi connectivity index (χ1) is 13.4. The molecule has 0 unspecified atom stereocenters. The highest BCUT2D eigenvalue weighted by Crippen LogP contribution is 2.13. The maximum Gasteiger partial charge on any atom is 0.229 e. The molecule has 0 aromatic heterocycles. The summed E-state index contributed by atoms with van der Waals surface area (Å²) in [7, 11) is -3.26. The van der Waals surface area contributed by atoms with Crippen molar-refractivity contribution in [2.45, 2.75) is 32.9 Å². The molecular formula is C20H27N3O3S2. The highest BCUT2D eigenvalue weighted by molar-refractivity contribution is 7.92. The van der Waals surface area contributed by atoms with E-state index < -0.39 is 10.0 Å². The Hall–Kier alpha value is -2.32. The van der Waals surface area contributed by atoms with Crippen LogP contribution in [0.5, 0.6) is 5.75 Å². The van der Waals surface area contributed by atoms with Crippen molar-refractivity contribution in [3.63, 3.8) is 0 Å². The Labute approximate surface area is 172 Å². The standard InChI is InChI=1S/C20H27N3O3S2/c1-3-4-13-26-19-11-7-17(8-12-19)15-22-20(27)21-14-16-5-9-18(10-6-16)23-28(2,24)25/h5-12,23H,3-4,13-15H2,1-2H3,(H2,21,22,27). The Morgan fingerprint density at radius 3 is 2.00 bits per heavy atom. The quantitative estimate of drug-likeness (QED) is 0.403. The summed E-state index contributed by atoms with van der Waals surface area (Å²) in [4.78, 5) is 0. The lowest BCUT2D eigenvalue weighted by Crippen LogP contribution is -2.34. The second-order valence-electron chi connectivity index (χ2n) is 6.45. The van der Waals surface area contributed by atoms with Crippen LogP contribution in [-0.2, 0) is 23.1 Å². The van der Waals surface area contributed by atoms with Gasteiger partial charge in [0.25, 0.3) is 0 Å². The number of nitrogens with one attached hydrogen (secondary N) is 3. The van der Waals surface area contributed by atoms with Crippen molar-refractivity contribution in [1.82, 2.24) is 10.6 Å². The van der Waals surface area contributed by atoms with Gasteiger partial charge in [-0.2, -0.15) is 0 Å². The second kappa shape index (κ2) is 10.9. The Kier molecular flexibility index (Phi) is 8.53. The SMILES string of the molecule is CCCCOc1ccc(CNC(=S)NCc2ccc(NS(C)(=O)=O)cc2)cc1. The van der Waals surface area contributed by atoms with E-state index in [4.69, 9.17) is 17.0 Å². The fraction of sp³-hybridized carbons (Fsp3) is 0.350. The molecule has 152 valence electrons. The molecule has 0 atom stereocenters. The van der Waals surface area contributed by atoms with Gasteiger partial charge in [0.05, 0.1) is 12.9 Å². The molecule has 6 nitrogen and oxygen atoms in total. The smallest absolute Gasteiger partial charge is 0.229 e. The molecule has 2 rings (SSSR count). The lowest BCUT2D eigenvalue weighted by Gasteiger charge is -2.12. The van der Waals surface area contributed by atoms with Gasteiger partial charge in [-0.25, -0.2) is 8.42 Å². The monoisotopic (exact) mass is 421 g/mol. The van der Waals surface area contributed by atoms with E-state index in [-0.39, 0.29) is 0 Å². The summed E-state index contributed by atoms with van der Waals surface area (Å²) in [6.45, 7) is 4.06. The van der Waals surface area contributed by atoms with E-state index in [1.54, 1.807) is 12.1 Å². The Morgan fingerprint density at radius 1 is 0.964 bits per heavy atom. The predicted octanol–water partition coefficient (Wildman–Crippen LogP) is 3.40. The first-order valence-electron chi connectivity index (χ1n) is 9.16. The molecule has 3 N–H and O–H groups in total. The van der Waals surface area contributed by atoms with Crippen LogP contribution < -0.4 is 20.1 Å². The first kappa shape index (κ1) is 22.0. The molecule has 0 bridgehead atoms. The van der Waals surface area contributed by atoms with Crippen molar-refractivity contribution in [2.24, 2.45) is 0 Å². The minimum atomic E-state index is -3.26. The van der Waals surface area contributed by atoms with Crippen molar-refractivity contribution in [3.8, 4) is 5.75 Å². The number of ether oxygens (including phenoxy) is 1. The molecule has 0 saturated heterocycles. The van der Waals surface area contributed by atoms with E-state index in [0.717, 1.165) is 42.6 Å². The van der Waals surface area contributed by atoms with E-state index >= 15 is 0 Å². The summed E-state index contributed by atoms with van der Waals surface area (Å²) in [6.07, 6.45) is 3.30. The van der Waals surface area contributed by atoms with E-state index in [0.29, 0.717) is 23.9 Å². The summed E-state index contributed by atoms with van der Waals surface area (Å²) in [5, 5.41) is 6.87. The first-order valence-corrected chi connectivity index (χ1v) is 11.5. The molecular weight excluding hydrogens is 394 g/mol. The third-order valence-electron chi connectivity index (χ3n) is 3.85. The molecule has 0 spiro atoms. The van der Waals surface area contributed by atoms with Crippen LogP contribution in [0.2, 0.25) is 0 Å². The van der Waals surface area contributed by atoms with Gasteiger partial charge in [0.1, 0.15) is 5.75 Å². The zero-order valence-corrected chi connectivity index (χ0v) is 17.8. The number of rotatable bonds is 10. The van der Waals surface area contributed by atoms with Crippen molar-refractivity contribution < 1.29 is 13.2 Å². The number of unbranched alkanes of at least 4 members (excludes halogenated alkanes) is 1. The predicted molar refractivity (Wildman–Crippen MR) is 118 cm³/mol. The van der Waals surface area contributed by atoms with Crippen LogP contribution in [0, 0.1) is 0 Å². The molecule has 0 aliphatic heterocycles. The van der Waals surface area contributed by atoms with Gasteiger partial charge in [-0.1, -0.05) is 37.6 Å². The molecule has 0 aliphatic carbocycles. The number of hydrogen-bond donors (Lipinski definition) is 3. The van der Waals surface area contributed by atoms with Crippen molar-refractivity contribution in [2.75, 3.05) is 17.6 Å².